The molecule has 6 heteroatoms. The van der Waals surface area contributed by atoms with Crippen LogP contribution < -0.4 is 5.32 Å². The predicted octanol–water partition coefficient (Wildman–Crippen LogP) is 2.79. The van der Waals surface area contributed by atoms with Crippen LogP contribution in [0.5, 0.6) is 0 Å². The maximum atomic E-state index is 11.9. The molecule has 0 saturated heterocycles. The van der Waals surface area contributed by atoms with E-state index >= 15 is 0 Å². The van der Waals surface area contributed by atoms with Gasteiger partial charge in [-0.1, -0.05) is 12.1 Å². The highest BCUT2D eigenvalue weighted by molar-refractivity contribution is 7.86. The molecule has 0 aromatic heterocycles. The third-order valence-corrected chi connectivity index (χ3v) is 4.97. The molecule has 0 saturated carbocycles. The summed E-state index contributed by atoms with van der Waals surface area (Å²) in [5.41, 5.74) is 1.08. The van der Waals surface area contributed by atoms with E-state index in [1.807, 2.05) is 27.7 Å². The van der Waals surface area contributed by atoms with Crippen molar-refractivity contribution in [3.8, 4) is 0 Å². The van der Waals surface area contributed by atoms with Crippen LogP contribution in [0.15, 0.2) is 24.3 Å². The first-order chi connectivity index (χ1) is 9.21. The van der Waals surface area contributed by atoms with Gasteiger partial charge < -0.3 is 5.32 Å². The topological polar surface area (TPSA) is 72.2 Å². The molecule has 0 radical (unpaired) electrons. The maximum Gasteiger partial charge on any atom is 0.269 e. The van der Waals surface area contributed by atoms with E-state index in [0.29, 0.717) is 12.3 Å². The van der Waals surface area contributed by atoms with Crippen LogP contribution in [0, 0.1) is 10.1 Å². The minimum absolute atomic E-state index is 0.0766. The van der Waals surface area contributed by atoms with Gasteiger partial charge in [0.05, 0.1) is 4.92 Å². The van der Waals surface area contributed by atoms with Crippen LogP contribution in [0.3, 0.4) is 0 Å². The Balaban J connectivity index is 2.49. The molecule has 0 bridgehead atoms. The minimum atomic E-state index is -0.872. The van der Waals surface area contributed by atoms with E-state index < -0.39 is 15.7 Å². The molecule has 5 nitrogen and oxygen atoms in total. The Morgan fingerprint density at radius 3 is 2.30 bits per heavy atom. The smallest absolute Gasteiger partial charge is 0.269 e. The summed E-state index contributed by atoms with van der Waals surface area (Å²) in [5, 5.41) is 13.9. The van der Waals surface area contributed by atoms with E-state index in [2.05, 4.69) is 5.32 Å². The predicted molar refractivity (Wildman–Crippen MR) is 82.3 cm³/mol. The molecule has 0 unspecified atom stereocenters. The Morgan fingerprint density at radius 2 is 1.85 bits per heavy atom. The second kappa shape index (κ2) is 6.95. The minimum Gasteiger partial charge on any atom is -0.309 e. The number of nitro benzene ring substituents is 1. The number of non-ortho nitro benzene ring substituents is 1. The van der Waals surface area contributed by atoms with E-state index in [4.69, 9.17) is 0 Å². The van der Waals surface area contributed by atoms with Crippen molar-refractivity contribution in [3.63, 3.8) is 0 Å². The van der Waals surface area contributed by atoms with Crippen LogP contribution in [-0.4, -0.2) is 26.2 Å². The number of hydrogen-bond donors (Lipinski definition) is 1. The summed E-state index contributed by atoms with van der Waals surface area (Å²) in [6, 6.07) is 6.57. The second-order valence-electron chi connectivity index (χ2n) is 5.69. The first kappa shape index (κ1) is 16.8. The van der Waals surface area contributed by atoms with Gasteiger partial charge in [-0.2, -0.15) is 0 Å². The third kappa shape index (κ3) is 5.02. The molecule has 0 aliphatic rings. The van der Waals surface area contributed by atoms with E-state index in [9.17, 15) is 14.3 Å². The van der Waals surface area contributed by atoms with Gasteiger partial charge in [0.25, 0.3) is 5.69 Å². The molecule has 0 spiro atoms. The Morgan fingerprint density at radius 1 is 1.30 bits per heavy atom. The molecule has 1 rings (SSSR count). The zero-order valence-electron chi connectivity index (χ0n) is 12.4. The summed E-state index contributed by atoms with van der Waals surface area (Å²) >= 11 is 0. The molecule has 1 aromatic carbocycles. The first-order valence-electron chi connectivity index (χ1n) is 6.58. The van der Waals surface area contributed by atoms with Crippen molar-refractivity contribution in [2.75, 3.05) is 12.3 Å². The fourth-order valence-corrected chi connectivity index (χ4v) is 2.59. The average molecular weight is 298 g/mol. The van der Waals surface area contributed by atoms with Crippen LogP contribution in [0.25, 0.3) is 0 Å². The fourth-order valence-electron chi connectivity index (χ4n) is 1.68. The lowest BCUT2D eigenvalue weighted by Crippen LogP contribution is -2.30. The Kier molecular flexibility index (Phi) is 5.83. The van der Waals surface area contributed by atoms with Crippen molar-refractivity contribution in [1.29, 1.82) is 0 Å². The van der Waals surface area contributed by atoms with Crippen molar-refractivity contribution in [2.24, 2.45) is 0 Å². The molecule has 20 heavy (non-hydrogen) atoms. The van der Waals surface area contributed by atoms with Gasteiger partial charge in [0.15, 0.2) is 0 Å². The van der Waals surface area contributed by atoms with E-state index in [-0.39, 0.29) is 16.5 Å². The summed E-state index contributed by atoms with van der Waals surface area (Å²) in [7, 11) is -0.872. The fraction of sp³-hybridized carbons (Fsp3) is 0.571. The summed E-state index contributed by atoms with van der Waals surface area (Å²) < 4.78 is 11.7. The van der Waals surface area contributed by atoms with Crippen LogP contribution >= 0.6 is 0 Å². The molecule has 0 aliphatic heterocycles. The molecule has 0 amide bonds. The lowest BCUT2D eigenvalue weighted by molar-refractivity contribution is -0.384. The van der Waals surface area contributed by atoms with Crippen LogP contribution in [-0.2, 0) is 10.8 Å². The van der Waals surface area contributed by atoms with Crippen molar-refractivity contribution in [3.05, 3.63) is 39.9 Å². The van der Waals surface area contributed by atoms with Gasteiger partial charge >= 0.3 is 0 Å². The van der Waals surface area contributed by atoms with Crippen molar-refractivity contribution in [1.82, 2.24) is 5.32 Å². The molecule has 1 aromatic rings. The summed E-state index contributed by atoms with van der Waals surface area (Å²) in [5.74, 6) is 0.598. The van der Waals surface area contributed by atoms with Gasteiger partial charge in [0.2, 0.25) is 0 Å². The summed E-state index contributed by atoms with van der Waals surface area (Å²) in [6.07, 6.45) is 0. The van der Waals surface area contributed by atoms with Gasteiger partial charge in [-0.3, -0.25) is 14.3 Å². The Bertz CT molecular complexity index is 480. The van der Waals surface area contributed by atoms with Gasteiger partial charge in [0.1, 0.15) is 0 Å². The van der Waals surface area contributed by atoms with Crippen LogP contribution in [0.4, 0.5) is 5.69 Å². The zero-order chi connectivity index (χ0) is 15.3. The van der Waals surface area contributed by atoms with E-state index in [1.165, 1.54) is 12.1 Å². The molecule has 0 aliphatic carbocycles. The Labute approximate surface area is 122 Å². The first-order valence-corrected chi connectivity index (χ1v) is 7.90. The van der Waals surface area contributed by atoms with Crippen LogP contribution in [0.2, 0.25) is 0 Å². The molecule has 0 fully saturated rings. The monoisotopic (exact) mass is 298 g/mol. The Hall–Kier alpha value is -1.27. The van der Waals surface area contributed by atoms with Crippen molar-refractivity contribution < 1.29 is 9.13 Å². The van der Waals surface area contributed by atoms with Crippen molar-refractivity contribution >= 4 is 16.5 Å². The molecule has 0 heterocycles. The number of nitrogens with one attached hydrogen (secondary N) is 1. The molecule has 112 valence electrons. The maximum absolute atomic E-state index is 11.9. The second-order valence-corrected chi connectivity index (χ2v) is 8.01. The SMILES string of the molecule is C[C@H](NCC[S@@](=O)C(C)(C)C)c1ccc([N+](=O)[O-])cc1. The normalized spacial score (nSPS) is 14.8. The van der Waals surface area contributed by atoms with Gasteiger partial charge in [-0.25, -0.2) is 0 Å². The van der Waals surface area contributed by atoms with E-state index in [0.717, 1.165) is 5.56 Å². The molecule has 1 N–H and O–H groups in total. The third-order valence-electron chi connectivity index (χ3n) is 3.02. The standard InChI is InChI=1S/C14H22N2O3S/c1-11(15-9-10-20(19)14(2,3)4)12-5-7-13(8-6-12)16(17)18/h5-8,11,15H,9-10H2,1-4H3/t11-,20+/m0/s1. The van der Waals surface area contributed by atoms with Crippen molar-refractivity contribution in [2.45, 2.75) is 38.5 Å². The zero-order valence-corrected chi connectivity index (χ0v) is 13.2. The number of hydrogen-bond acceptors (Lipinski definition) is 4. The molecular formula is C14H22N2O3S. The number of nitro groups is 1. The molecular weight excluding hydrogens is 276 g/mol. The highest BCUT2D eigenvalue weighted by Gasteiger charge is 2.19. The summed E-state index contributed by atoms with van der Waals surface area (Å²) in [4.78, 5) is 10.2. The number of nitrogens with zero attached hydrogens (tertiary/aromatic N) is 1. The van der Waals surface area contributed by atoms with Gasteiger partial charge in [-0.15, -0.1) is 0 Å². The lowest BCUT2D eigenvalue weighted by atomic mass is 10.1. The van der Waals surface area contributed by atoms with E-state index in [1.54, 1.807) is 12.1 Å². The largest absolute Gasteiger partial charge is 0.309 e. The summed E-state index contributed by atoms with van der Waals surface area (Å²) in [6.45, 7) is 8.53. The highest BCUT2D eigenvalue weighted by Crippen LogP contribution is 2.17. The van der Waals surface area contributed by atoms with Gasteiger partial charge in [0, 0.05) is 46.0 Å². The van der Waals surface area contributed by atoms with Crippen LogP contribution in [0.1, 0.15) is 39.3 Å². The average Bonchev–Trinajstić information content (AvgIpc) is 2.37. The lowest BCUT2D eigenvalue weighted by Gasteiger charge is -2.19. The number of benzene rings is 1. The van der Waals surface area contributed by atoms with Gasteiger partial charge in [-0.05, 0) is 33.3 Å². The highest BCUT2D eigenvalue weighted by atomic mass is 32.2. The number of rotatable bonds is 6. The quantitative estimate of drug-likeness (QED) is 0.647. The molecule has 2 atom stereocenters.